The molecule has 0 fully saturated rings. The van der Waals surface area contributed by atoms with E-state index in [0.717, 1.165) is 63.6 Å². The molecule has 1 atom stereocenters. The summed E-state index contributed by atoms with van der Waals surface area (Å²) < 4.78 is 15.5. The molecule has 2 aliphatic rings. The van der Waals surface area contributed by atoms with Gasteiger partial charge < -0.3 is 34.5 Å². The fourth-order valence-electron chi connectivity index (χ4n) is 7.70. The predicted molar refractivity (Wildman–Crippen MR) is 194 cm³/mol. The van der Waals surface area contributed by atoms with Crippen LogP contribution in [0.15, 0.2) is 23.9 Å². The number of esters is 3. The quantitative estimate of drug-likeness (QED) is 0.137. The second-order valence-electron chi connectivity index (χ2n) is 13.3. The van der Waals surface area contributed by atoms with Crippen molar-refractivity contribution in [2.24, 2.45) is 0 Å². The molecule has 2 aliphatic heterocycles. The van der Waals surface area contributed by atoms with Crippen molar-refractivity contribution < 1.29 is 28.6 Å². The number of anilines is 1. The van der Waals surface area contributed by atoms with E-state index in [2.05, 4.69) is 72.2 Å². The molecule has 50 heavy (non-hydrogen) atoms. The smallest absolute Gasteiger partial charge is 0.340 e. The molecule has 10 heteroatoms. The predicted octanol–water partition coefficient (Wildman–Crippen LogP) is 5.76. The molecule has 3 aromatic heterocycles. The Morgan fingerprint density at radius 2 is 1.54 bits per heavy atom. The Bertz CT molecular complexity index is 2210. The highest BCUT2D eigenvalue weighted by atomic mass is 16.5. The molecular formula is C40H46N4O6. The van der Waals surface area contributed by atoms with E-state index >= 15 is 0 Å². The van der Waals surface area contributed by atoms with E-state index < -0.39 is 11.9 Å². The molecule has 1 unspecified atom stereocenters. The summed E-state index contributed by atoms with van der Waals surface area (Å²) in [6.07, 6.45) is 6.24. The first kappa shape index (κ1) is 34.6. The van der Waals surface area contributed by atoms with Gasteiger partial charge in [-0.15, -0.1) is 0 Å². The van der Waals surface area contributed by atoms with Gasteiger partial charge >= 0.3 is 17.9 Å². The molecule has 0 saturated heterocycles. The molecule has 4 N–H and O–H groups in total. The number of carbonyl (C=O) groups excluding carboxylic acids is 3. The van der Waals surface area contributed by atoms with Gasteiger partial charge in [0, 0.05) is 51.1 Å². The Hall–Kier alpha value is -5.25. The first-order valence-electron chi connectivity index (χ1n) is 17.1. The average molecular weight is 679 g/mol. The van der Waals surface area contributed by atoms with Gasteiger partial charge in [-0.25, -0.2) is 4.79 Å². The lowest BCUT2D eigenvalue weighted by molar-refractivity contribution is -0.141. The van der Waals surface area contributed by atoms with Gasteiger partial charge in [0.05, 0.1) is 50.0 Å². The zero-order valence-electron chi connectivity index (χ0n) is 30.4. The number of H-pyrrole nitrogens is 3. The fraction of sp³-hybridized carbons (Fsp3) is 0.375. The number of ether oxygens (including phenoxy) is 3. The number of methoxy groups -OCH3 is 3. The lowest BCUT2D eigenvalue weighted by atomic mass is 9.78. The molecule has 0 amide bonds. The number of para-hydroxylation sites is 1. The van der Waals surface area contributed by atoms with Gasteiger partial charge in [-0.2, -0.15) is 0 Å². The van der Waals surface area contributed by atoms with Crippen molar-refractivity contribution in [3.8, 4) is 11.3 Å². The van der Waals surface area contributed by atoms with E-state index in [1.165, 1.54) is 32.5 Å². The van der Waals surface area contributed by atoms with E-state index in [4.69, 9.17) is 14.2 Å². The number of hydrogen-bond donors (Lipinski definition) is 4. The van der Waals surface area contributed by atoms with Crippen LogP contribution in [0.25, 0.3) is 29.0 Å². The Morgan fingerprint density at radius 1 is 0.800 bits per heavy atom. The Kier molecular flexibility index (Phi) is 9.15. The maximum atomic E-state index is 13.6. The summed E-state index contributed by atoms with van der Waals surface area (Å²) in [6.45, 7) is 12.6. The number of fused-ring (bicyclic) bond motifs is 8. The monoisotopic (exact) mass is 678 g/mol. The number of benzene rings is 1. The number of aromatic amines is 3. The summed E-state index contributed by atoms with van der Waals surface area (Å²) in [7, 11) is 4.06. The van der Waals surface area contributed by atoms with Crippen LogP contribution in [0.3, 0.4) is 0 Å². The molecule has 1 aromatic carbocycles. The van der Waals surface area contributed by atoms with Gasteiger partial charge in [-0.3, -0.25) is 9.59 Å². The van der Waals surface area contributed by atoms with Crippen molar-refractivity contribution in [3.63, 3.8) is 0 Å². The summed E-state index contributed by atoms with van der Waals surface area (Å²) in [5.74, 6) is -1.37. The topological polar surface area (TPSA) is 138 Å². The van der Waals surface area contributed by atoms with Crippen molar-refractivity contribution >= 4 is 41.3 Å². The molecule has 0 spiro atoms. The maximum Gasteiger partial charge on any atom is 0.340 e. The van der Waals surface area contributed by atoms with Gasteiger partial charge in [0.2, 0.25) is 0 Å². The molecule has 4 aromatic rings. The second-order valence-corrected chi connectivity index (χ2v) is 13.3. The van der Waals surface area contributed by atoms with Crippen LogP contribution in [0, 0.1) is 20.8 Å². The van der Waals surface area contributed by atoms with Crippen LogP contribution < -0.4 is 16.0 Å². The Balaban J connectivity index is 1.83. The van der Waals surface area contributed by atoms with Crippen molar-refractivity contribution in [2.75, 3.05) is 26.6 Å². The van der Waals surface area contributed by atoms with E-state index in [1.54, 1.807) is 0 Å². The minimum atomic E-state index is -0.535. The summed E-state index contributed by atoms with van der Waals surface area (Å²) >= 11 is 0. The highest BCUT2D eigenvalue weighted by Crippen LogP contribution is 2.51. The molecule has 0 radical (unpaired) electrons. The third kappa shape index (κ3) is 5.47. The normalized spacial score (nSPS) is 16.0. The van der Waals surface area contributed by atoms with Crippen molar-refractivity contribution in [3.05, 3.63) is 90.6 Å². The number of nitrogens with one attached hydrogen (secondary N) is 4. The first-order valence-corrected chi connectivity index (χ1v) is 17.1. The summed E-state index contributed by atoms with van der Waals surface area (Å²) in [5.41, 5.74) is 13.0. The standard InChI is InChI=1S/C40H46N4O6/c1-10-23-20(3)29-19-31-40(6,11-2)27-14-12-13-25(37(27)43-31)35-21(4)24(15-16-32(45)48-7)36(44-35)26(17-33(46)49-8)38-34(39(47)50-9)22(5)28(42-38)18-30(23)41-29/h12-14,18-19,41-44H,10-11,15-17H2,1-9H3. The number of rotatable bonds is 8. The Labute approximate surface area is 292 Å². The lowest BCUT2D eigenvalue weighted by Crippen LogP contribution is -2.22. The van der Waals surface area contributed by atoms with Crippen LogP contribution in [-0.2, 0) is 42.1 Å². The Morgan fingerprint density at radius 3 is 2.20 bits per heavy atom. The number of carbonyl (C=O) groups is 3. The van der Waals surface area contributed by atoms with Gasteiger partial charge in [-0.1, -0.05) is 32.0 Å². The number of aromatic nitrogens is 3. The lowest BCUT2D eigenvalue weighted by Gasteiger charge is -2.24. The van der Waals surface area contributed by atoms with Crippen LogP contribution >= 0.6 is 0 Å². The highest BCUT2D eigenvalue weighted by Gasteiger charge is 2.40. The highest BCUT2D eigenvalue weighted by molar-refractivity contribution is 5.95. The summed E-state index contributed by atoms with van der Waals surface area (Å²) in [5, 5.41) is 4.98. The third-order valence-corrected chi connectivity index (χ3v) is 10.9. The van der Waals surface area contributed by atoms with E-state index in [0.29, 0.717) is 39.5 Å². The molecule has 6 rings (SSSR count). The van der Waals surface area contributed by atoms with Gasteiger partial charge in [0.15, 0.2) is 0 Å². The third-order valence-electron chi connectivity index (χ3n) is 10.9. The van der Waals surface area contributed by atoms with Gasteiger partial charge in [0.25, 0.3) is 0 Å². The van der Waals surface area contributed by atoms with Crippen LogP contribution in [-0.4, -0.2) is 54.2 Å². The SMILES string of the molecule is CCc1c2[nH]c(c1C)C=C1Nc3c(cccc3C1(C)CC)-c1[nH]c(c(CCC(=O)OC)c1C)C(CC(=O)OC)=c1[nH]c(c(C)c1C(=O)OC)=C2. The van der Waals surface area contributed by atoms with Crippen LogP contribution in [0.1, 0.15) is 101 Å². The number of allylic oxidation sites excluding steroid dienone is 1. The van der Waals surface area contributed by atoms with Crippen molar-refractivity contribution in [1.82, 2.24) is 15.0 Å². The molecule has 0 aliphatic carbocycles. The van der Waals surface area contributed by atoms with Gasteiger partial charge in [-0.05, 0) is 92.5 Å². The van der Waals surface area contributed by atoms with Crippen molar-refractivity contribution in [1.29, 1.82) is 0 Å². The average Bonchev–Trinajstić information content (AvgIpc) is 3.80. The summed E-state index contributed by atoms with van der Waals surface area (Å²) in [6, 6.07) is 6.34. The van der Waals surface area contributed by atoms with Crippen LogP contribution in [0.5, 0.6) is 0 Å². The second kappa shape index (κ2) is 13.2. The zero-order valence-corrected chi connectivity index (χ0v) is 30.4. The fourth-order valence-corrected chi connectivity index (χ4v) is 7.70. The molecule has 10 nitrogen and oxygen atoms in total. The van der Waals surface area contributed by atoms with Crippen molar-refractivity contribution in [2.45, 2.75) is 79.1 Å². The maximum absolute atomic E-state index is 13.6. The van der Waals surface area contributed by atoms with E-state index in [9.17, 15) is 14.4 Å². The van der Waals surface area contributed by atoms with Crippen LogP contribution in [0.4, 0.5) is 5.69 Å². The van der Waals surface area contributed by atoms with Crippen LogP contribution in [0.2, 0.25) is 0 Å². The molecular weight excluding hydrogens is 632 g/mol. The largest absolute Gasteiger partial charge is 0.469 e. The van der Waals surface area contributed by atoms with Gasteiger partial charge in [0.1, 0.15) is 0 Å². The molecule has 0 saturated carbocycles. The first-order chi connectivity index (χ1) is 23.9. The minimum absolute atomic E-state index is 0.125. The number of hydrogen-bond acceptors (Lipinski definition) is 7. The van der Waals surface area contributed by atoms with E-state index in [-0.39, 0.29) is 24.2 Å². The zero-order chi connectivity index (χ0) is 36.1. The van der Waals surface area contributed by atoms with E-state index in [1.807, 2.05) is 19.9 Å². The minimum Gasteiger partial charge on any atom is -0.469 e. The molecule has 5 heterocycles. The summed E-state index contributed by atoms with van der Waals surface area (Å²) in [4.78, 5) is 50.2. The molecule has 262 valence electrons. The molecule has 8 bridgehead atoms.